The molecule has 132 valence electrons. The zero-order valence-corrected chi connectivity index (χ0v) is 14.9. The molecule has 0 saturated carbocycles. The standard InChI is InChI=1S/C22H26O3/c1-3-4-17-24-18(2)25-22-15-11-20(12-16-22)8-6-5-7-19-9-13-21(23)14-10-19/h5-16,18,23H,3-4,17H2,1-2H3. The molecule has 25 heavy (non-hydrogen) atoms. The van der Waals surface area contributed by atoms with E-state index in [9.17, 15) is 5.11 Å². The van der Waals surface area contributed by atoms with E-state index in [-0.39, 0.29) is 12.0 Å². The summed E-state index contributed by atoms with van der Waals surface area (Å²) in [6.45, 7) is 4.78. The SMILES string of the molecule is CCCCOC(C)Oc1ccc(C=CC=Cc2ccc(O)cc2)cc1. The number of phenols is 1. The molecule has 0 heterocycles. The van der Waals surface area contributed by atoms with Gasteiger partial charge in [0.2, 0.25) is 0 Å². The van der Waals surface area contributed by atoms with Crippen LogP contribution in [-0.2, 0) is 4.74 Å². The van der Waals surface area contributed by atoms with Crippen LogP contribution in [-0.4, -0.2) is 18.0 Å². The predicted octanol–water partition coefficient (Wildman–Crippen LogP) is 5.66. The molecule has 0 spiro atoms. The highest BCUT2D eigenvalue weighted by molar-refractivity contribution is 5.57. The second-order valence-electron chi connectivity index (χ2n) is 5.79. The normalized spacial score (nSPS) is 12.7. The summed E-state index contributed by atoms with van der Waals surface area (Å²) in [6.07, 6.45) is 9.91. The third-order valence-electron chi connectivity index (χ3n) is 3.61. The number of hydrogen-bond donors (Lipinski definition) is 1. The molecule has 1 N–H and O–H groups in total. The van der Waals surface area contributed by atoms with Crippen molar-refractivity contribution in [3.8, 4) is 11.5 Å². The molecule has 2 aromatic carbocycles. The van der Waals surface area contributed by atoms with Crippen LogP contribution in [0.2, 0.25) is 0 Å². The molecule has 2 aromatic rings. The number of allylic oxidation sites excluding steroid dienone is 2. The van der Waals surface area contributed by atoms with Crippen LogP contribution < -0.4 is 4.74 Å². The Morgan fingerprint density at radius 3 is 2.04 bits per heavy atom. The molecule has 0 amide bonds. The first kappa shape index (κ1) is 18.8. The van der Waals surface area contributed by atoms with E-state index in [1.54, 1.807) is 12.1 Å². The molecule has 0 aliphatic heterocycles. The van der Waals surface area contributed by atoms with E-state index in [0.29, 0.717) is 0 Å². The number of hydrogen-bond acceptors (Lipinski definition) is 3. The van der Waals surface area contributed by atoms with Crippen molar-refractivity contribution in [3.05, 3.63) is 71.8 Å². The maximum Gasteiger partial charge on any atom is 0.196 e. The van der Waals surface area contributed by atoms with Crippen LogP contribution >= 0.6 is 0 Å². The molecule has 2 rings (SSSR count). The average Bonchev–Trinajstić information content (AvgIpc) is 2.62. The summed E-state index contributed by atoms with van der Waals surface area (Å²) in [4.78, 5) is 0. The van der Waals surface area contributed by atoms with Crippen LogP contribution in [0.4, 0.5) is 0 Å². The molecular formula is C22H26O3. The molecule has 0 aliphatic carbocycles. The number of aromatic hydroxyl groups is 1. The predicted molar refractivity (Wildman–Crippen MR) is 104 cm³/mol. The van der Waals surface area contributed by atoms with E-state index in [2.05, 4.69) is 6.92 Å². The Kier molecular flexibility index (Phi) is 7.80. The Morgan fingerprint density at radius 1 is 0.920 bits per heavy atom. The van der Waals surface area contributed by atoms with Crippen LogP contribution in [0.3, 0.4) is 0 Å². The van der Waals surface area contributed by atoms with Gasteiger partial charge in [0.05, 0.1) is 6.61 Å². The fraction of sp³-hybridized carbons (Fsp3) is 0.273. The minimum Gasteiger partial charge on any atom is -0.508 e. The van der Waals surface area contributed by atoms with Gasteiger partial charge in [-0.1, -0.05) is 61.9 Å². The van der Waals surface area contributed by atoms with Crippen molar-refractivity contribution in [3.63, 3.8) is 0 Å². The molecule has 0 saturated heterocycles. The monoisotopic (exact) mass is 338 g/mol. The molecule has 1 atom stereocenters. The number of rotatable bonds is 9. The number of ether oxygens (including phenoxy) is 2. The van der Waals surface area contributed by atoms with Crippen molar-refractivity contribution in [2.24, 2.45) is 0 Å². The van der Waals surface area contributed by atoms with E-state index in [0.717, 1.165) is 36.3 Å². The van der Waals surface area contributed by atoms with Crippen molar-refractivity contribution in [1.82, 2.24) is 0 Å². The van der Waals surface area contributed by atoms with Gasteiger partial charge in [0, 0.05) is 0 Å². The van der Waals surface area contributed by atoms with Crippen LogP contribution in [0.25, 0.3) is 12.2 Å². The minimum atomic E-state index is -0.235. The maximum atomic E-state index is 9.25. The smallest absolute Gasteiger partial charge is 0.196 e. The first-order valence-electron chi connectivity index (χ1n) is 8.69. The second-order valence-corrected chi connectivity index (χ2v) is 5.79. The second kappa shape index (κ2) is 10.4. The van der Waals surface area contributed by atoms with Crippen molar-refractivity contribution in [1.29, 1.82) is 0 Å². The highest BCUT2D eigenvalue weighted by atomic mass is 16.7. The first-order valence-corrected chi connectivity index (χ1v) is 8.69. The largest absolute Gasteiger partial charge is 0.508 e. The molecule has 0 fully saturated rings. The molecule has 3 heteroatoms. The van der Waals surface area contributed by atoms with E-state index in [4.69, 9.17) is 9.47 Å². The average molecular weight is 338 g/mol. The highest BCUT2D eigenvalue weighted by Gasteiger charge is 2.03. The Labute approximate surface area is 150 Å². The fourth-order valence-electron chi connectivity index (χ4n) is 2.20. The summed E-state index contributed by atoms with van der Waals surface area (Å²) in [7, 11) is 0. The van der Waals surface area contributed by atoms with Gasteiger partial charge in [0.25, 0.3) is 0 Å². The maximum absolute atomic E-state index is 9.25. The van der Waals surface area contributed by atoms with Gasteiger partial charge in [-0.25, -0.2) is 0 Å². The van der Waals surface area contributed by atoms with E-state index in [1.807, 2.05) is 67.6 Å². The number of benzene rings is 2. The molecule has 0 bridgehead atoms. The Balaban J connectivity index is 1.82. The summed E-state index contributed by atoms with van der Waals surface area (Å²) < 4.78 is 11.3. The third kappa shape index (κ3) is 7.27. The quantitative estimate of drug-likeness (QED) is 0.364. The third-order valence-corrected chi connectivity index (χ3v) is 3.61. The zero-order chi connectivity index (χ0) is 17.9. The summed E-state index contributed by atoms with van der Waals surface area (Å²) in [5, 5.41) is 9.25. The van der Waals surface area contributed by atoms with Gasteiger partial charge in [0.15, 0.2) is 6.29 Å². The number of phenolic OH excluding ortho intramolecular Hbond substituents is 1. The van der Waals surface area contributed by atoms with Crippen molar-refractivity contribution < 1.29 is 14.6 Å². The van der Waals surface area contributed by atoms with Crippen molar-refractivity contribution in [2.75, 3.05) is 6.61 Å². The van der Waals surface area contributed by atoms with E-state index in [1.165, 1.54) is 0 Å². The van der Waals surface area contributed by atoms with Gasteiger partial charge in [-0.2, -0.15) is 0 Å². The van der Waals surface area contributed by atoms with Crippen LogP contribution in [0.15, 0.2) is 60.7 Å². The van der Waals surface area contributed by atoms with Gasteiger partial charge in [-0.15, -0.1) is 0 Å². The molecule has 0 radical (unpaired) electrons. The van der Waals surface area contributed by atoms with Gasteiger partial charge in [0.1, 0.15) is 11.5 Å². The topological polar surface area (TPSA) is 38.7 Å². The lowest BCUT2D eigenvalue weighted by molar-refractivity contribution is -0.0673. The fourth-order valence-corrected chi connectivity index (χ4v) is 2.20. The van der Waals surface area contributed by atoms with Gasteiger partial charge in [-0.05, 0) is 48.7 Å². The minimum absolute atomic E-state index is 0.235. The zero-order valence-electron chi connectivity index (χ0n) is 14.9. The lowest BCUT2D eigenvalue weighted by Crippen LogP contribution is -2.16. The Bertz CT molecular complexity index is 669. The lowest BCUT2D eigenvalue weighted by Gasteiger charge is -2.15. The highest BCUT2D eigenvalue weighted by Crippen LogP contribution is 2.16. The molecule has 0 aliphatic rings. The molecular weight excluding hydrogens is 312 g/mol. The van der Waals surface area contributed by atoms with E-state index < -0.39 is 0 Å². The Morgan fingerprint density at radius 2 is 1.48 bits per heavy atom. The summed E-state index contributed by atoms with van der Waals surface area (Å²) >= 11 is 0. The number of unbranched alkanes of at least 4 members (excludes halogenated alkanes) is 1. The van der Waals surface area contributed by atoms with Gasteiger partial charge < -0.3 is 14.6 Å². The lowest BCUT2D eigenvalue weighted by atomic mass is 10.2. The van der Waals surface area contributed by atoms with Crippen LogP contribution in [0.5, 0.6) is 11.5 Å². The first-order chi connectivity index (χ1) is 12.2. The van der Waals surface area contributed by atoms with E-state index >= 15 is 0 Å². The van der Waals surface area contributed by atoms with Gasteiger partial charge >= 0.3 is 0 Å². The summed E-state index contributed by atoms with van der Waals surface area (Å²) in [5.41, 5.74) is 2.14. The van der Waals surface area contributed by atoms with Crippen molar-refractivity contribution >= 4 is 12.2 Å². The summed E-state index contributed by atoms with van der Waals surface area (Å²) in [6, 6.07) is 15.0. The molecule has 1 unspecified atom stereocenters. The molecule has 0 aromatic heterocycles. The van der Waals surface area contributed by atoms with Crippen LogP contribution in [0, 0.1) is 0 Å². The molecule has 3 nitrogen and oxygen atoms in total. The van der Waals surface area contributed by atoms with Crippen molar-refractivity contribution in [2.45, 2.75) is 33.0 Å². The van der Waals surface area contributed by atoms with Gasteiger partial charge in [-0.3, -0.25) is 0 Å². The van der Waals surface area contributed by atoms with Crippen LogP contribution in [0.1, 0.15) is 37.8 Å². The Hall–Kier alpha value is -2.52. The summed E-state index contributed by atoms with van der Waals surface area (Å²) in [5.74, 6) is 1.08.